The van der Waals surface area contributed by atoms with Crippen LogP contribution in [0.15, 0.2) is 42.5 Å². The van der Waals surface area contributed by atoms with Crippen LogP contribution in [0.2, 0.25) is 0 Å². The summed E-state index contributed by atoms with van der Waals surface area (Å²) < 4.78 is 0. The van der Waals surface area contributed by atoms with Crippen molar-refractivity contribution in [3.63, 3.8) is 0 Å². The van der Waals surface area contributed by atoms with Gasteiger partial charge in [0.25, 0.3) is 0 Å². The lowest BCUT2D eigenvalue weighted by Crippen LogP contribution is -2.28. The number of anilines is 2. The Morgan fingerprint density at radius 1 is 1.27 bits per heavy atom. The first-order chi connectivity index (χ1) is 12.5. The SMILES string of the molecule is Cc1ccc(C)c(N2C(=O)CS[C@@H]2c2cccc(NC(=O)CCCl)c2)c1. The minimum absolute atomic E-state index is 0.102. The maximum atomic E-state index is 12.6. The summed E-state index contributed by atoms with van der Waals surface area (Å²) >= 11 is 7.22. The van der Waals surface area contributed by atoms with Gasteiger partial charge in [0.15, 0.2) is 0 Å². The first kappa shape index (κ1) is 18.8. The second-order valence-corrected chi connectivity index (χ2v) is 7.78. The summed E-state index contributed by atoms with van der Waals surface area (Å²) in [6, 6.07) is 13.8. The van der Waals surface area contributed by atoms with E-state index in [1.807, 2.05) is 49.1 Å². The molecule has 0 bridgehead atoms. The Kier molecular flexibility index (Phi) is 5.89. The monoisotopic (exact) mass is 388 g/mol. The highest BCUT2D eigenvalue weighted by molar-refractivity contribution is 8.00. The molecule has 0 saturated carbocycles. The highest BCUT2D eigenvalue weighted by Gasteiger charge is 2.34. The Bertz CT molecular complexity index is 840. The number of carbonyl (C=O) groups is 2. The van der Waals surface area contributed by atoms with E-state index in [0.29, 0.717) is 11.6 Å². The molecule has 2 amide bonds. The van der Waals surface area contributed by atoms with Crippen molar-refractivity contribution in [3.05, 3.63) is 59.2 Å². The Hall–Kier alpha value is -1.98. The molecule has 1 heterocycles. The van der Waals surface area contributed by atoms with Gasteiger partial charge < -0.3 is 5.32 Å². The fourth-order valence-corrected chi connectivity index (χ4v) is 4.32. The Morgan fingerprint density at radius 2 is 2.08 bits per heavy atom. The van der Waals surface area contributed by atoms with E-state index >= 15 is 0 Å². The zero-order valence-electron chi connectivity index (χ0n) is 14.8. The number of thioether (sulfide) groups is 1. The molecule has 1 N–H and O–H groups in total. The molecule has 0 aliphatic carbocycles. The zero-order chi connectivity index (χ0) is 18.7. The summed E-state index contributed by atoms with van der Waals surface area (Å²) in [5.74, 6) is 0.726. The van der Waals surface area contributed by atoms with E-state index < -0.39 is 0 Å². The van der Waals surface area contributed by atoms with E-state index in [9.17, 15) is 9.59 Å². The molecular formula is C20H21ClN2O2S. The van der Waals surface area contributed by atoms with Gasteiger partial charge in [-0.2, -0.15) is 0 Å². The van der Waals surface area contributed by atoms with E-state index in [2.05, 4.69) is 17.4 Å². The molecule has 0 radical (unpaired) electrons. The van der Waals surface area contributed by atoms with Gasteiger partial charge in [-0.05, 0) is 48.7 Å². The molecule has 0 spiro atoms. The van der Waals surface area contributed by atoms with Crippen LogP contribution in [0.3, 0.4) is 0 Å². The van der Waals surface area contributed by atoms with Crippen molar-refractivity contribution < 1.29 is 9.59 Å². The normalized spacial score (nSPS) is 16.8. The van der Waals surface area contributed by atoms with E-state index in [4.69, 9.17) is 11.6 Å². The molecular weight excluding hydrogens is 368 g/mol. The van der Waals surface area contributed by atoms with Crippen molar-refractivity contribution in [2.24, 2.45) is 0 Å². The van der Waals surface area contributed by atoms with Crippen LogP contribution in [-0.2, 0) is 9.59 Å². The Balaban J connectivity index is 1.91. The minimum Gasteiger partial charge on any atom is -0.326 e. The maximum absolute atomic E-state index is 12.6. The molecule has 26 heavy (non-hydrogen) atoms. The molecule has 0 aromatic heterocycles. The number of hydrogen-bond acceptors (Lipinski definition) is 3. The molecule has 1 atom stereocenters. The smallest absolute Gasteiger partial charge is 0.238 e. The van der Waals surface area contributed by atoms with Crippen LogP contribution < -0.4 is 10.2 Å². The molecule has 2 aromatic carbocycles. The van der Waals surface area contributed by atoms with Gasteiger partial charge in [0, 0.05) is 23.7 Å². The van der Waals surface area contributed by atoms with Crippen LogP contribution in [0.5, 0.6) is 0 Å². The van der Waals surface area contributed by atoms with Crippen molar-refractivity contribution in [3.8, 4) is 0 Å². The molecule has 1 aliphatic heterocycles. The summed E-state index contributed by atoms with van der Waals surface area (Å²) in [7, 11) is 0. The van der Waals surface area contributed by atoms with Gasteiger partial charge in [-0.1, -0.05) is 24.3 Å². The van der Waals surface area contributed by atoms with E-state index in [1.54, 1.807) is 11.8 Å². The number of hydrogen-bond donors (Lipinski definition) is 1. The molecule has 136 valence electrons. The number of carbonyl (C=O) groups excluding carboxylic acids is 2. The average molecular weight is 389 g/mol. The number of alkyl halides is 1. The number of rotatable bonds is 5. The summed E-state index contributed by atoms with van der Waals surface area (Å²) in [4.78, 5) is 26.3. The van der Waals surface area contributed by atoms with Crippen LogP contribution in [-0.4, -0.2) is 23.4 Å². The van der Waals surface area contributed by atoms with Crippen LogP contribution in [0.4, 0.5) is 11.4 Å². The lowest BCUT2D eigenvalue weighted by atomic mass is 10.1. The van der Waals surface area contributed by atoms with E-state index in [0.717, 1.165) is 28.1 Å². The van der Waals surface area contributed by atoms with Gasteiger partial charge in [-0.3, -0.25) is 14.5 Å². The van der Waals surface area contributed by atoms with Crippen molar-refractivity contribution >= 4 is 46.6 Å². The molecule has 4 nitrogen and oxygen atoms in total. The first-order valence-corrected chi connectivity index (χ1v) is 10.0. The van der Waals surface area contributed by atoms with Crippen molar-refractivity contribution in [1.82, 2.24) is 0 Å². The number of benzene rings is 2. The summed E-state index contributed by atoms with van der Waals surface area (Å²) in [5, 5.41) is 2.75. The standard InChI is InChI=1S/C20H21ClN2O2S/c1-13-6-7-14(2)17(10-13)23-19(25)12-26-20(23)15-4-3-5-16(11-15)22-18(24)8-9-21/h3-7,10-11,20H,8-9,12H2,1-2H3,(H,22,24)/t20-/m1/s1. The Morgan fingerprint density at radius 3 is 2.85 bits per heavy atom. The molecule has 1 fully saturated rings. The highest BCUT2D eigenvalue weighted by Crippen LogP contribution is 2.43. The zero-order valence-corrected chi connectivity index (χ0v) is 16.4. The summed E-state index contributed by atoms with van der Waals surface area (Å²) in [5.41, 5.74) is 4.85. The van der Waals surface area contributed by atoms with Crippen LogP contribution >= 0.6 is 23.4 Å². The molecule has 2 aromatic rings. The van der Waals surface area contributed by atoms with Gasteiger partial charge in [0.05, 0.1) is 5.75 Å². The second kappa shape index (κ2) is 8.14. The first-order valence-electron chi connectivity index (χ1n) is 8.46. The fraction of sp³-hybridized carbons (Fsp3) is 0.300. The lowest BCUT2D eigenvalue weighted by molar-refractivity contribution is -0.116. The molecule has 6 heteroatoms. The topological polar surface area (TPSA) is 49.4 Å². The van der Waals surface area contributed by atoms with Crippen LogP contribution in [0.1, 0.15) is 28.5 Å². The number of aryl methyl sites for hydroxylation is 2. The predicted octanol–water partition coefficient (Wildman–Crippen LogP) is 4.65. The summed E-state index contributed by atoms with van der Waals surface area (Å²) in [6.45, 7) is 4.05. The largest absolute Gasteiger partial charge is 0.326 e. The third kappa shape index (κ3) is 4.05. The minimum atomic E-state index is -0.112. The van der Waals surface area contributed by atoms with Gasteiger partial charge in [-0.15, -0.1) is 23.4 Å². The van der Waals surface area contributed by atoms with Crippen molar-refractivity contribution in [2.45, 2.75) is 25.6 Å². The number of halogens is 1. The van der Waals surface area contributed by atoms with Crippen molar-refractivity contribution in [2.75, 3.05) is 21.8 Å². The molecule has 3 rings (SSSR count). The quantitative estimate of drug-likeness (QED) is 0.758. The average Bonchev–Trinajstić information content (AvgIpc) is 2.99. The second-order valence-electron chi connectivity index (χ2n) is 6.33. The van der Waals surface area contributed by atoms with Gasteiger partial charge in [-0.25, -0.2) is 0 Å². The molecule has 0 unspecified atom stereocenters. The third-order valence-electron chi connectivity index (χ3n) is 4.27. The third-order valence-corrected chi connectivity index (χ3v) is 5.67. The van der Waals surface area contributed by atoms with Crippen LogP contribution in [0, 0.1) is 13.8 Å². The summed E-state index contributed by atoms with van der Waals surface area (Å²) in [6.07, 6.45) is 0.275. The van der Waals surface area contributed by atoms with Gasteiger partial charge >= 0.3 is 0 Å². The number of nitrogens with zero attached hydrogens (tertiary/aromatic N) is 1. The molecule has 1 aliphatic rings. The predicted molar refractivity (Wildman–Crippen MR) is 109 cm³/mol. The van der Waals surface area contributed by atoms with Gasteiger partial charge in [0.1, 0.15) is 5.37 Å². The molecule has 1 saturated heterocycles. The Labute approximate surface area is 162 Å². The number of nitrogens with one attached hydrogen (secondary N) is 1. The van der Waals surface area contributed by atoms with Gasteiger partial charge in [0.2, 0.25) is 11.8 Å². The highest BCUT2D eigenvalue weighted by atomic mass is 35.5. The van der Waals surface area contributed by atoms with E-state index in [-0.39, 0.29) is 23.6 Å². The van der Waals surface area contributed by atoms with E-state index in [1.165, 1.54) is 0 Å². The number of amides is 2. The lowest BCUT2D eigenvalue weighted by Gasteiger charge is -2.26. The fourth-order valence-electron chi connectivity index (χ4n) is 2.99. The van der Waals surface area contributed by atoms with Crippen LogP contribution in [0.25, 0.3) is 0 Å². The van der Waals surface area contributed by atoms with Crippen molar-refractivity contribution in [1.29, 1.82) is 0 Å². The maximum Gasteiger partial charge on any atom is 0.238 e.